The highest BCUT2D eigenvalue weighted by molar-refractivity contribution is 5.96. The van der Waals surface area contributed by atoms with Crippen LogP contribution >= 0.6 is 0 Å². The van der Waals surface area contributed by atoms with Crippen LogP contribution in [0, 0.1) is 12.7 Å². The van der Waals surface area contributed by atoms with Crippen molar-refractivity contribution in [2.45, 2.75) is 32.9 Å². The first-order valence-electron chi connectivity index (χ1n) is 8.53. The summed E-state index contributed by atoms with van der Waals surface area (Å²) in [5, 5.41) is 0. The molecule has 0 amide bonds. The number of aromatic nitrogens is 2. The van der Waals surface area contributed by atoms with Gasteiger partial charge in [-0.2, -0.15) is 13.2 Å². The Hall–Kier alpha value is -3.03. The zero-order valence-electron chi connectivity index (χ0n) is 15.1. The Morgan fingerprint density at radius 1 is 1.18 bits per heavy atom. The lowest BCUT2D eigenvalue weighted by Crippen LogP contribution is -2.22. The van der Waals surface area contributed by atoms with Gasteiger partial charge in [-0.25, -0.2) is 9.37 Å². The molecule has 0 unspecified atom stereocenters. The van der Waals surface area contributed by atoms with Gasteiger partial charge in [0.2, 0.25) is 0 Å². The van der Waals surface area contributed by atoms with E-state index in [-0.39, 0.29) is 41.2 Å². The number of rotatable bonds is 4. The Bertz CT molecular complexity index is 1130. The number of benzene rings is 1. The predicted octanol–water partition coefficient (Wildman–Crippen LogP) is 4.34. The maximum Gasteiger partial charge on any atom is 0.419 e. The highest BCUT2D eigenvalue weighted by Crippen LogP contribution is 2.32. The molecule has 2 heterocycles. The van der Waals surface area contributed by atoms with E-state index in [0.29, 0.717) is 11.6 Å². The van der Waals surface area contributed by atoms with Gasteiger partial charge >= 0.3 is 6.18 Å². The Labute approximate surface area is 157 Å². The van der Waals surface area contributed by atoms with E-state index in [1.165, 1.54) is 16.5 Å². The maximum absolute atomic E-state index is 14.3. The molecule has 0 spiro atoms. The predicted molar refractivity (Wildman–Crippen MR) is 95.0 cm³/mol. The second-order valence-corrected chi connectivity index (χ2v) is 6.37. The molecule has 0 bridgehead atoms. The summed E-state index contributed by atoms with van der Waals surface area (Å²) < 4.78 is 54.1. The number of aryl methyl sites for hydroxylation is 1. The Kier molecular flexibility index (Phi) is 5.06. The minimum Gasteiger partial charge on any atom is -0.293 e. The summed E-state index contributed by atoms with van der Waals surface area (Å²) in [6.45, 7) is 3.37. The lowest BCUT2D eigenvalue weighted by Gasteiger charge is -2.13. The second-order valence-electron chi connectivity index (χ2n) is 6.37. The Balaban J connectivity index is 2.12. The Morgan fingerprint density at radius 3 is 2.54 bits per heavy atom. The average molecular weight is 392 g/mol. The fraction of sp³-hybridized carbons (Fsp3) is 0.250. The van der Waals surface area contributed by atoms with Crippen LogP contribution in [0.4, 0.5) is 17.6 Å². The van der Waals surface area contributed by atoms with E-state index in [9.17, 15) is 27.2 Å². The number of carbonyl (C=O) groups is 1. The molecule has 0 aliphatic rings. The summed E-state index contributed by atoms with van der Waals surface area (Å²) in [7, 11) is 0. The van der Waals surface area contributed by atoms with Gasteiger partial charge in [0.15, 0.2) is 5.78 Å². The fourth-order valence-electron chi connectivity index (χ4n) is 3.07. The minimum absolute atomic E-state index is 0.113. The van der Waals surface area contributed by atoms with Crippen LogP contribution in [0.3, 0.4) is 0 Å². The van der Waals surface area contributed by atoms with E-state index < -0.39 is 23.1 Å². The van der Waals surface area contributed by atoms with Crippen LogP contribution in [0.5, 0.6) is 0 Å². The number of halogens is 4. The molecule has 0 saturated carbocycles. The molecule has 4 nitrogen and oxygen atoms in total. The molecule has 0 aliphatic heterocycles. The zero-order valence-corrected chi connectivity index (χ0v) is 15.1. The minimum atomic E-state index is -4.82. The van der Waals surface area contributed by atoms with Crippen LogP contribution < -0.4 is 5.56 Å². The van der Waals surface area contributed by atoms with Crippen molar-refractivity contribution in [2.24, 2.45) is 0 Å². The molecule has 146 valence electrons. The number of nitrogens with zero attached hydrogens (tertiary/aromatic N) is 2. The quantitative estimate of drug-likeness (QED) is 0.490. The van der Waals surface area contributed by atoms with E-state index in [1.54, 1.807) is 19.9 Å². The molecule has 1 aromatic carbocycles. The molecular formula is C20H16F4N2O2. The van der Waals surface area contributed by atoms with E-state index >= 15 is 0 Å². The monoisotopic (exact) mass is 392 g/mol. The van der Waals surface area contributed by atoms with E-state index in [1.807, 2.05) is 0 Å². The van der Waals surface area contributed by atoms with Crippen molar-refractivity contribution in [3.63, 3.8) is 0 Å². The van der Waals surface area contributed by atoms with Crippen LogP contribution in [0.1, 0.15) is 46.2 Å². The summed E-state index contributed by atoms with van der Waals surface area (Å²) in [4.78, 5) is 29.0. The summed E-state index contributed by atoms with van der Waals surface area (Å²) in [6.07, 6.45) is -4.90. The molecule has 28 heavy (non-hydrogen) atoms. The number of Topliss-reactive ketones (excluding diaryl/α,β-unsaturated/α-hetero) is 1. The number of pyridine rings is 1. The highest BCUT2D eigenvalue weighted by Gasteiger charge is 2.34. The van der Waals surface area contributed by atoms with Crippen molar-refractivity contribution in [3.8, 4) is 0 Å². The van der Waals surface area contributed by atoms with Crippen molar-refractivity contribution in [1.29, 1.82) is 0 Å². The normalized spacial score (nSPS) is 11.8. The first kappa shape index (κ1) is 19.7. The van der Waals surface area contributed by atoms with E-state index in [2.05, 4.69) is 4.98 Å². The van der Waals surface area contributed by atoms with E-state index in [4.69, 9.17) is 0 Å². The highest BCUT2D eigenvalue weighted by atomic mass is 19.4. The fourth-order valence-corrected chi connectivity index (χ4v) is 3.07. The van der Waals surface area contributed by atoms with Crippen LogP contribution in [-0.2, 0) is 12.6 Å². The van der Waals surface area contributed by atoms with Gasteiger partial charge in [-0.05, 0) is 30.2 Å². The van der Waals surface area contributed by atoms with Crippen molar-refractivity contribution in [1.82, 2.24) is 9.38 Å². The second kappa shape index (κ2) is 7.18. The van der Waals surface area contributed by atoms with Crippen molar-refractivity contribution in [3.05, 3.63) is 80.6 Å². The molecule has 8 heteroatoms. The van der Waals surface area contributed by atoms with Gasteiger partial charge in [0, 0.05) is 18.9 Å². The molecule has 3 aromatic rings. The van der Waals surface area contributed by atoms with E-state index in [0.717, 1.165) is 12.1 Å². The summed E-state index contributed by atoms with van der Waals surface area (Å²) in [6, 6.07) is 7.27. The molecule has 0 aliphatic carbocycles. The summed E-state index contributed by atoms with van der Waals surface area (Å²) in [5.74, 6) is -1.62. The molecule has 0 N–H and O–H groups in total. The smallest absolute Gasteiger partial charge is 0.293 e. The lowest BCUT2D eigenvalue weighted by molar-refractivity contribution is -0.140. The van der Waals surface area contributed by atoms with Gasteiger partial charge in [-0.1, -0.05) is 25.1 Å². The molecule has 0 atom stereocenters. The van der Waals surface area contributed by atoms with Gasteiger partial charge in [0.05, 0.1) is 17.0 Å². The Morgan fingerprint density at radius 2 is 1.89 bits per heavy atom. The van der Waals surface area contributed by atoms with Crippen LogP contribution in [0.2, 0.25) is 0 Å². The number of hydrogen-bond donors (Lipinski definition) is 0. The topological polar surface area (TPSA) is 51.4 Å². The largest absolute Gasteiger partial charge is 0.419 e. The summed E-state index contributed by atoms with van der Waals surface area (Å²) >= 11 is 0. The first-order valence-corrected chi connectivity index (χ1v) is 8.53. The molecule has 0 fully saturated rings. The average Bonchev–Trinajstić information content (AvgIpc) is 2.62. The van der Waals surface area contributed by atoms with Gasteiger partial charge in [0.1, 0.15) is 11.5 Å². The third kappa shape index (κ3) is 3.54. The SMILES string of the molecule is CCC(=O)c1c(C)ccc2nc(Cc3cccc(C(F)(F)F)c3F)cc(=O)n12. The standard InChI is InChI=1S/C20H16F4N2O2/c1-3-15(27)19-11(2)7-8-16-25-13(10-17(28)26(16)19)9-12-5-4-6-14(18(12)21)20(22,23)24/h4-8,10H,3,9H2,1-2H3. The number of carbonyl (C=O) groups excluding carboxylic acids is 1. The van der Waals surface area contributed by atoms with Crippen molar-refractivity contribution >= 4 is 11.4 Å². The molecule has 3 rings (SSSR count). The van der Waals surface area contributed by atoms with Crippen LogP contribution in [0.25, 0.3) is 5.65 Å². The molecular weight excluding hydrogens is 376 g/mol. The number of hydrogen-bond acceptors (Lipinski definition) is 3. The maximum atomic E-state index is 14.3. The number of alkyl halides is 3. The summed E-state index contributed by atoms with van der Waals surface area (Å²) in [5.41, 5.74) is -1.02. The van der Waals surface area contributed by atoms with Gasteiger partial charge in [-0.3, -0.25) is 14.0 Å². The van der Waals surface area contributed by atoms with Crippen LogP contribution in [0.15, 0.2) is 41.2 Å². The third-order valence-corrected chi connectivity index (χ3v) is 4.42. The van der Waals surface area contributed by atoms with Gasteiger partial charge in [0.25, 0.3) is 5.56 Å². The van der Waals surface area contributed by atoms with Crippen molar-refractivity contribution in [2.75, 3.05) is 0 Å². The molecule has 0 saturated heterocycles. The zero-order chi connectivity index (χ0) is 20.6. The number of fused-ring (bicyclic) bond motifs is 1. The van der Waals surface area contributed by atoms with Gasteiger partial charge < -0.3 is 0 Å². The lowest BCUT2D eigenvalue weighted by atomic mass is 10.0. The van der Waals surface area contributed by atoms with Gasteiger partial charge in [-0.15, -0.1) is 0 Å². The van der Waals surface area contributed by atoms with Crippen molar-refractivity contribution < 1.29 is 22.4 Å². The molecule has 0 radical (unpaired) electrons. The first-order chi connectivity index (χ1) is 13.1. The third-order valence-electron chi connectivity index (χ3n) is 4.42. The number of ketones is 1. The molecule has 2 aromatic heterocycles. The van der Waals surface area contributed by atoms with Crippen LogP contribution in [-0.4, -0.2) is 15.2 Å².